The third-order valence-electron chi connectivity index (χ3n) is 11.8. The molecule has 0 fully saturated rings. The van der Waals surface area contributed by atoms with Crippen molar-refractivity contribution in [3.8, 4) is 81.2 Å². The number of aromatic nitrogens is 2. The highest BCUT2D eigenvalue weighted by Crippen LogP contribution is 2.47. The molecule has 66 heavy (non-hydrogen) atoms. The van der Waals surface area contributed by atoms with E-state index in [4.69, 9.17) is 0 Å². The average molecular weight is 855 g/mol. The number of nitrogens with zero attached hydrogens (tertiary/aromatic N) is 8. The predicted octanol–water partition coefficient (Wildman–Crippen LogP) is 13.1. The van der Waals surface area contributed by atoms with Crippen LogP contribution in [-0.2, 0) is 6.18 Å². The average Bonchev–Trinajstić information content (AvgIpc) is 3.87. The van der Waals surface area contributed by atoms with E-state index in [0.29, 0.717) is 77.0 Å². The van der Waals surface area contributed by atoms with Crippen LogP contribution in [0.2, 0.25) is 0 Å². The zero-order valence-electron chi connectivity index (χ0n) is 34.1. The maximum atomic E-state index is 16.5. The fourth-order valence-electron chi connectivity index (χ4n) is 9.02. The molecule has 8 nitrogen and oxygen atoms in total. The van der Waals surface area contributed by atoms with Gasteiger partial charge in [0.25, 0.3) is 0 Å². The minimum absolute atomic E-state index is 0.154. The molecular weight excluding hydrogens is 830 g/mol. The Bertz CT molecular complexity index is 3700. The summed E-state index contributed by atoms with van der Waals surface area (Å²) in [7, 11) is 0. The number of benzene rings is 8. The van der Waals surface area contributed by atoms with Crippen molar-refractivity contribution in [2.45, 2.75) is 6.18 Å². The third-order valence-corrected chi connectivity index (χ3v) is 11.8. The molecule has 306 valence electrons. The third kappa shape index (κ3) is 6.59. The minimum atomic E-state index is -4.97. The van der Waals surface area contributed by atoms with Crippen molar-refractivity contribution in [2.75, 3.05) is 0 Å². The van der Waals surface area contributed by atoms with Crippen molar-refractivity contribution < 1.29 is 13.2 Å². The van der Waals surface area contributed by atoms with Crippen LogP contribution in [0.25, 0.3) is 88.4 Å². The van der Waals surface area contributed by atoms with Crippen molar-refractivity contribution in [2.24, 2.45) is 0 Å². The topological polar surface area (TPSA) is 153 Å². The Hall–Kier alpha value is -9.91. The maximum Gasteiger partial charge on any atom is 0.420 e. The Morgan fingerprint density at radius 2 is 0.621 bits per heavy atom. The van der Waals surface area contributed by atoms with Crippen molar-refractivity contribution in [3.63, 3.8) is 0 Å². The van der Waals surface area contributed by atoms with Crippen molar-refractivity contribution >= 4 is 43.6 Å². The van der Waals surface area contributed by atoms with Gasteiger partial charge in [-0.3, -0.25) is 0 Å². The lowest BCUT2D eigenvalue weighted by atomic mass is 9.96. The number of fused-ring (bicyclic) bond motifs is 6. The zero-order chi connectivity index (χ0) is 45.9. The van der Waals surface area contributed by atoms with Crippen molar-refractivity contribution in [3.05, 3.63) is 191 Å². The van der Waals surface area contributed by atoms with E-state index in [1.165, 1.54) is 30.3 Å². The summed E-state index contributed by atoms with van der Waals surface area (Å²) in [5, 5.41) is 61.4. The molecule has 0 radical (unpaired) electrons. The molecule has 2 aromatic heterocycles. The Morgan fingerprint density at radius 1 is 0.318 bits per heavy atom. The van der Waals surface area contributed by atoms with Crippen LogP contribution < -0.4 is 0 Å². The molecule has 0 aliphatic heterocycles. The molecule has 2 heterocycles. The first-order valence-corrected chi connectivity index (χ1v) is 20.2. The molecule has 11 heteroatoms. The van der Waals surface area contributed by atoms with Gasteiger partial charge >= 0.3 is 6.18 Å². The van der Waals surface area contributed by atoms with Crippen LogP contribution in [-0.4, -0.2) is 9.13 Å². The van der Waals surface area contributed by atoms with Gasteiger partial charge in [-0.05, 0) is 137 Å². The quantitative estimate of drug-likeness (QED) is 0.168. The van der Waals surface area contributed by atoms with E-state index in [0.717, 1.165) is 0 Å². The van der Waals surface area contributed by atoms with Crippen LogP contribution >= 0.6 is 0 Å². The molecule has 0 N–H and O–H groups in total. The van der Waals surface area contributed by atoms with Gasteiger partial charge in [0.2, 0.25) is 0 Å². The summed E-state index contributed by atoms with van der Waals surface area (Å²) in [6, 6.07) is 54.4. The molecule has 0 aliphatic rings. The Morgan fingerprint density at radius 3 is 0.955 bits per heavy atom. The normalized spacial score (nSPS) is 11.2. The van der Waals surface area contributed by atoms with E-state index in [-0.39, 0.29) is 44.8 Å². The SMILES string of the molecule is N#Cc1cc(C#N)cc(-c2cc(-n3c4ccccc4c4cc(-c5cc(C#N)cc(C#N)c5)ccc43)c(C(F)(F)F)c(-n3c4ccccc4c4cc(-c5cc(C#N)cc(C#N)c5)ccc43)c2)c1. The lowest BCUT2D eigenvalue weighted by Gasteiger charge is -2.23. The smallest absolute Gasteiger partial charge is 0.309 e. The van der Waals surface area contributed by atoms with Crippen LogP contribution in [0, 0.1) is 68.0 Å². The molecule has 0 saturated heterocycles. The number of hydrogen-bond donors (Lipinski definition) is 0. The van der Waals surface area contributed by atoms with Gasteiger partial charge in [0.05, 0.1) is 103 Å². The zero-order valence-corrected chi connectivity index (χ0v) is 34.1. The second-order valence-electron chi connectivity index (χ2n) is 15.6. The maximum absolute atomic E-state index is 16.5. The molecule has 0 unspecified atom stereocenters. The minimum Gasteiger partial charge on any atom is -0.309 e. The number of nitriles is 6. The Balaban J connectivity index is 1.33. The molecule has 8 aromatic carbocycles. The van der Waals surface area contributed by atoms with Crippen LogP contribution in [0.1, 0.15) is 38.9 Å². The predicted molar refractivity (Wildman–Crippen MR) is 245 cm³/mol. The molecule has 0 spiro atoms. The van der Waals surface area contributed by atoms with Gasteiger partial charge in [0, 0.05) is 21.5 Å². The number of para-hydroxylation sites is 2. The summed E-state index contributed by atoms with van der Waals surface area (Å²) in [6.07, 6.45) is -4.97. The van der Waals surface area contributed by atoms with E-state index in [9.17, 15) is 31.6 Å². The summed E-state index contributed by atoms with van der Waals surface area (Å²) in [4.78, 5) is 0. The second-order valence-corrected chi connectivity index (χ2v) is 15.6. The van der Waals surface area contributed by atoms with E-state index in [2.05, 4.69) is 36.4 Å². The molecule has 10 rings (SSSR count). The number of halogens is 3. The Labute approximate surface area is 374 Å². The molecule has 0 atom stereocenters. The van der Waals surface area contributed by atoms with E-state index >= 15 is 13.2 Å². The van der Waals surface area contributed by atoms with Gasteiger partial charge in [-0.15, -0.1) is 0 Å². The molecule has 10 aromatic rings. The summed E-state index contributed by atoms with van der Waals surface area (Å²) < 4.78 is 52.7. The van der Waals surface area contributed by atoms with Gasteiger partial charge < -0.3 is 9.13 Å². The molecule has 0 amide bonds. The molecule has 0 bridgehead atoms. The number of rotatable bonds is 5. The number of hydrogen-bond acceptors (Lipinski definition) is 6. The van der Waals surface area contributed by atoms with E-state index in [1.807, 2.05) is 24.3 Å². The van der Waals surface area contributed by atoms with Gasteiger partial charge in [0.1, 0.15) is 5.56 Å². The van der Waals surface area contributed by atoms with Crippen LogP contribution in [0.3, 0.4) is 0 Å². The highest BCUT2D eigenvalue weighted by atomic mass is 19.4. The lowest BCUT2D eigenvalue weighted by molar-refractivity contribution is -0.137. The fraction of sp³-hybridized carbons (Fsp3) is 0.0182. The van der Waals surface area contributed by atoms with Crippen LogP contribution in [0.4, 0.5) is 13.2 Å². The largest absolute Gasteiger partial charge is 0.420 e. The first-order valence-electron chi connectivity index (χ1n) is 20.2. The summed E-state index contributed by atoms with van der Waals surface area (Å²) >= 11 is 0. The van der Waals surface area contributed by atoms with Crippen LogP contribution in [0.15, 0.2) is 152 Å². The van der Waals surface area contributed by atoms with E-state index in [1.54, 1.807) is 106 Å². The highest BCUT2D eigenvalue weighted by molar-refractivity contribution is 6.12. The van der Waals surface area contributed by atoms with Crippen molar-refractivity contribution in [1.82, 2.24) is 9.13 Å². The van der Waals surface area contributed by atoms with Crippen molar-refractivity contribution in [1.29, 1.82) is 31.6 Å². The molecule has 0 aliphatic carbocycles. The summed E-state index contributed by atoms with van der Waals surface area (Å²) in [5.74, 6) is 0. The summed E-state index contributed by atoms with van der Waals surface area (Å²) in [6.45, 7) is 0. The lowest BCUT2D eigenvalue weighted by Crippen LogP contribution is -2.16. The molecular formula is C55H25F3N8. The van der Waals surface area contributed by atoms with Gasteiger partial charge in [-0.2, -0.15) is 44.7 Å². The summed E-state index contributed by atoms with van der Waals surface area (Å²) in [5.41, 5.74) is 5.01. The Kier molecular flexibility index (Phi) is 9.41. The van der Waals surface area contributed by atoms with Gasteiger partial charge in [-0.25, -0.2) is 0 Å². The fourth-order valence-corrected chi connectivity index (χ4v) is 9.02. The second kappa shape index (κ2) is 15.5. The van der Waals surface area contributed by atoms with Gasteiger partial charge in [-0.1, -0.05) is 48.5 Å². The first kappa shape index (κ1) is 40.2. The monoisotopic (exact) mass is 854 g/mol. The molecule has 0 saturated carbocycles. The standard InChI is InChI=1S/C55H25F3N8/c56-55(57,58)54-52(65-48-7-3-1-5-44(48)46-22-38(9-11-50(46)65)40-16-32(26-59)13-33(17-40)27-60)24-43(42-20-36(30-63)15-37(21-42)31-64)25-53(54)66-49-8-4-2-6-45(49)47-23-39(10-12-51(47)66)41-18-34(28-61)14-35(19-41)29-62/h1-25H. The van der Waals surface area contributed by atoms with E-state index < -0.39 is 11.7 Å². The number of alkyl halides is 3. The van der Waals surface area contributed by atoms with Gasteiger partial charge in [0.15, 0.2) is 0 Å². The highest BCUT2D eigenvalue weighted by Gasteiger charge is 2.39. The van der Waals surface area contributed by atoms with Crippen LogP contribution in [0.5, 0.6) is 0 Å². The first-order chi connectivity index (χ1) is 32.0.